The molecule has 0 spiro atoms. The second-order valence-electron chi connectivity index (χ2n) is 5.05. The van der Waals surface area contributed by atoms with Gasteiger partial charge in [-0.3, -0.25) is 0 Å². The summed E-state index contributed by atoms with van der Waals surface area (Å²) in [6.45, 7) is 5.48. The second-order valence-corrected chi connectivity index (χ2v) is 5.77. The molecule has 0 radical (unpaired) electrons. The Morgan fingerprint density at radius 3 is 2.28 bits per heavy atom. The van der Waals surface area contributed by atoms with Gasteiger partial charge in [0.2, 0.25) is 0 Å². The van der Waals surface area contributed by atoms with Crippen LogP contribution < -0.4 is 5.32 Å². The summed E-state index contributed by atoms with van der Waals surface area (Å²) in [5.41, 5.74) is 3.11. The van der Waals surface area contributed by atoms with Gasteiger partial charge in [0.25, 0.3) is 0 Å². The molecular weight excluding hydrogens is 240 g/mol. The first kappa shape index (κ1) is 15.6. The summed E-state index contributed by atoms with van der Waals surface area (Å²) in [5, 5.41) is 5.83. The van der Waals surface area contributed by atoms with Crippen LogP contribution in [0.1, 0.15) is 70.9 Å². The number of hydrogen-bond donors (Lipinski definition) is 1. The minimum absolute atomic E-state index is 0.685. The Balaban J connectivity index is 2.23. The fourth-order valence-corrected chi connectivity index (χ4v) is 2.76. The monoisotopic (exact) mass is 268 g/mol. The first-order valence-electron chi connectivity index (χ1n) is 7.47. The fraction of sp³-hybridized carbons (Fsp3) is 0.800. The predicted molar refractivity (Wildman–Crippen MR) is 81.0 cm³/mol. The summed E-state index contributed by atoms with van der Waals surface area (Å²) in [6, 6.07) is 0.685. The number of hydrogen-bond acceptors (Lipinski definition) is 3. The molecule has 2 nitrogen and oxygen atoms in total. The van der Waals surface area contributed by atoms with Gasteiger partial charge >= 0.3 is 0 Å². The van der Waals surface area contributed by atoms with Crippen LogP contribution in [0.4, 0.5) is 0 Å². The lowest BCUT2D eigenvalue weighted by Gasteiger charge is -2.18. The first-order chi connectivity index (χ1) is 8.86. The lowest BCUT2D eigenvalue weighted by molar-refractivity contribution is 0.416. The zero-order valence-electron chi connectivity index (χ0n) is 12.0. The minimum Gasteiger partial charge on any atom is -0.308 e. The highest BCUT2D eigenvalue weighted by Gasteiger charge is 2.08. The summed E-state index contributed by atoms with van der Waals surface area (Å²) in [5.74, 6) is 0. The molecule has 1 aromatic rings. The summed E-state index contributed by atoms with van der Waals surface area (Å²) in [6.07, 6.45) is 10.7. The highest BCUT2D eigenvalue weighted by atomic mass is 32.1. The molecule has 0 aliphatic carbocycles. The molecule has 0 amide bonds. The van der Waals surface area contributed by atoms with Crippen LogP contribution in [0.25, 0.3) is 0 Å². The molecule has 3 heteroatoms. The molecule has 1 aromatic heterocycles. The summed E-state index contributed by atoms with van der Waals surface area (Å²) >= 11 is 1.68. The minimum atomic E-state index is 0.685. The summed E-state index contributed by atoms with van der Waals surface area (Å²) in [4.78, 5) is 4.34. The Morgan fingerprint density at radius 2 is 1.78 bits per heavy atom. The SMILES string of the molecule is CCCCCC(CCCCC)NCc1cscn1. The van der Waals surface area contributed by atoms with Crippen LogP contribution in [0, 0.1) is 0 Å². The van der Waals surface area contributed by atoms with Gasteiger partial charge in [0, 0.05) is 18.0 Å². The molecule has 0 saturated heterocycles. The average molecular weight is 268 g/mol. The van der Waals surface area contributed by atoms with E-state index in [2.05, 4.69) is 29.5 Å². The highest BCUT2D eigenvalue weighted by Crippen LogP contribution is 2.12. The first-order valence-corrected chi connectivity index (χ1v) is 8.41. The largest absolute Gasteiger partial charge is 0.308 e. The van der Waals surface area contributed by atoms with Crippen LogP contribution >= 0.6 is 11.3 Å². The van der Waals surface area contributed by atoms with Gasteiger partial charge in [0.05, 0.1) is 11.2 Å². The molecule has 104 valence electrons. The molecule has 0 aliphatic heterocycles. The van der Waals surface area contributed by atoms with Gasteiger partial charge in [-0.1, -0.05) is 52.4 Å². The molecule has 0 atom stereocenters. The van der Waals surface area contributed by atoms with E-state index in [4.69, 9.17) is 0 Å². The average Bonchev–Trinajstić information content (AvgIpc) is 2.89. The van der Waals surface area contributed by atoms with Crippen molar-refractivity contribution in [1.82, 2.24) is 10.3 Å². The second kappa shape index (κ2) is 10.5. The van der Waals surface area contributed by atoms with Gasteiger partial charge in [-0.25, -0.2) is 4.98 Å². The Morgan fingerprint density at radius 1 is 1.11 bits per heavy atom. The van der Waals surface area contributed by atoms with Crippen molar-refractivity contribution in [3.8, 4) is 0 Å². The number of rotatable bonds is 11. The van der Waals surface area contributed by atoms with E-state index in [1.54, 1.807) is 11.3 Å². The zero-order valence-corrected chi connectivity index (χ0v) is 12.8. The van der Waals surface area contributed by atoms with Crippen molar-refractivity contribution < 1.29 is 0 Å². The molecular formula is C15H28N2S. The van der Waals surface area contributed by atoms with Gasteiger partial charge in [-0.05, 0) is 12.8 Å². The lowest BCUT2D eigenvalue weighted by atomic mass is 10.0. The quantitative estimate of drug-likeness (QED) is 0.585. The molecule has 1 N–H and O–H groups in total. The van der Waals surface area contributed by atoms with Crippen LogP contribution in [0.3, 0.4) is 0 Å². The van der Waals surface area contributed by atoms with Crippen LogP contribution in [-0.4, -0.2) is 11.0 Å². The smallest absolute Gasteiger partial charge is 0.0795 e. The number of thiazole rings is 1. The zero-order chi connectivity index (χ0) is 13.1. The maximum absolute atomic E-state index is 4.34. The van der Waals surface area contributed by atoms with Crippen molar-refractivity contribution in [2.75, 3.05) is 0 Å². The van der Waals surface area contributed by atoms with Gasteiger partial charge in [0.15, 0.2) is 0 Å². The molecule has 0 aliphatic rings. The van der Waals surface area contributed by atoms with Crippen molar-refractivity contribution in [3.05, 3.63) is 16.6 Å². The van der Waals surface area contributed by atoms with Gasteiger partial charge in [0.1, 0.15) is 0 Å². The van der Waals surface area contributed by atoms with Crippen LogP contribution in [0.2, 0.25) is 0 Å². The molecule has 0 aromatic carbocycles. The van der Waals surface area contributed by atoms with Crippen LogP contribution in [0.15, 0.2) is 10.9 Å². The normalized spacial score (nSPS) is 11.3. The number of nitrogens with one attached hydrogen (secondary N) is 1. The highest BCUT2D eigenvalue weighted by molar-refractivity contribution is 7.07. The van der Waals surface area contributed by atoms with E-state index in [1.807, 2.05) is 5.51 Å². The fourth-order valence-electron chi connectivity index (χ4n) is 2.20. The molecule has 0 bridgehead atoms. The van der Waals surface area contributed by atoms with Gasteiger partial charge < -0.3 is 5.32 Å². The lowest BCUT2D eigenvalue weighted by Crippen LogP contribution is -2.28. The van der Waals surface area contributed by atoms with Gasteiger partial charge in [-0.15, -0.1) is 11.3 Å². The van der Waals surface area contributed by atoms with Crippen molar-refractivity contribution in [2.45, 2.75) is 77.8 Å². The number of aromatic nitrogens is 1. The van der Waals surface area contributed by atoms with E-state index in [9.17, 15) is 0 Å². The Kier molecular flexibility index (Phi) is 9.13. The van der Waals surface area contributed by atoms with Crippen LogP contribution in [-0.2, 0) is 6.54 Å². The summed E-state index contributed by atoms with van der Waals surface area (Å²) in [7, 11) is 0. The summed E-state index contributed by atoms with van der Waals surface area (Å²) < 4.78 is 0. The third-order valence-corrected chi connectivity index (χ3v) is 4.00. The van der Waals surface area contributed by atoms with Gasteiger partial charge in [-0.2, -0.15) is 0 Å². The predicted octanol–water partition coefficient (Wildman–Crippen LogP) is 4.76. The van der Waals surface area contributed by atoms with E-state index in [0.29, 0.717) is 6.04 Å². The molecule has 1 rings (SSSR count). The molecule has 0 unspecified atom stereocenters. The van der Waals surface area contributed by atoms with Crippen molar-refractivity contribution >= 4 is 11.3 Å². The number of nitrogens with zero attached hydrogens (tertiary/aromatic N) is 1. The van der Waals surface area contributed by atoms with E-state index in [-0.39, 0.29) is 0 Å². The molecule has 0 saturated carbocycles. The van der Waals surface area contributed by atoms with Crippen LogP contribution in [0.5, 0.6) is 0 Å². The number of unbranched alkanes of at least 4 members (excludes halogenated alkanes) is 4. The molecule has 0 fully saturated rings. The molecule has 1 heterocycles. The molecule has 18 heavy (non-hydrogen) atoms. The maximum atomic E-state index is 4.34. The third kappa shape index (κ3) is 7.12. The van der Waals surface area contributed by atoms with E-state index >= 15 is 0 Å². The van der Waals surface area contributed by atoms with Crippen molar-refractivity contribution in [3.63, 3.8) is 0 Å². The van der Waals surface area contributed by atoms with Crippen molar-refractivity contribution in [2.24, 2.45) is 0 Å². The maximum Gasteiger partial charge on any atom is 0.0795 e. The third-order valence-electron chi connectivity index (χ3n) is 3.37. The van der Waals surface area contributed by atoms with Crippen molar-refractivity contribution in [1.29, 1.82) is 0 Å². The topological polar surface area (TPSA) is 24.9 Å². The van der Waals surface area contributed by atoms with E-state index in [1.165, 1.54) is 57.1 Å². The standard InChI is InChI=1S/C15H28N2S/c1-3-5-7-9-14(10-8-6-4-2)16-11-15-12-18-13-17-15/h12-14,16H,3-11H2,1-2H3. The Labute approximate surface area is 116 Å². The van der Waals surface area contributed by atoms with E-state index in [0.717, 1.165) is 6.54 Å². The Bertz CT molecular complexity index is 262. The van der Waals surface area contributed by atoms with E-state index < -0.39 is 0 Å². The Hall–Kier alpha value is -0.410.